The molecule has 2 atom stereocenters. The van der Waals surface area contributed by atoms with E-state index in [1.165, 1.54) is 0 Å². The van der Waals surface area contributed by atoms with Crippen LogP contribution in [0.3, 0.4) is 0 Å². The molecule has 2 heterocycles. The monoisotopic (exact) mass is 228 g/mol. The molecular weight excluding hydrogens is 204 g/mol. The molecule has 0 aliphatic carbocycles. The standard InChI is InChI=1S/C12H24N2O2/c1-2-13-6-7-16-12(9-13)10-14-5-3-4-11(15)8-14/h11-12,15H,2-10H2,1H3/t11-,12?/m0/s1. The third kappa shape index (κ3) is 3.42. The fourth-order valence-corrected chi connectivity index (χ4v) is 2.66. The SMILES string of the molecule is CCN1CCOC(CN2CCC[C@H](O)C2)C1. The Hall–Kier alpha value is -0.160. The minimum atomic E-state index is -0.125. The second-order valence-electron chi connectivity index (χ2n) is 4.94. The molecule has 0 amide bonds. The zero-order valence-electron chi connectivity index (χ0n) is 10.3. The van der Waals surface area contributed by atoms with Crippen LogP contribution in [0.15, 0.2) is 0 Å². The number of morpholine rings is 1. The maximum absolute atomic E-state index is 9.61. The lowest BCUT2D eigenvalue weighted by molar-refractivity contribution is -0.0510. The quantitative estimate of drug-likeness (QED) is 0.747. The number of nitrogens with zero attached hydrogens (tertiary/aromatic N) is 2. The largest absolute Gasteiger partial charge is 0.392 e. The van der Waals surface area contributed by atoms with Gasteiger partial charge in [-0.2, -0.15) is 0 Å². The van der Waals surface area contributed by atoms with Crippen molar-refractivity contribution in [2.45, 2.75) is 32.0 Å². The van der Waals surface area contributed by atoms with Crippen molar-refractivity contribution >= 4 is 0 Å². The number of rotatable bonds is 3. The number of aliphatic hydroxyl groups is 1. The molecule has 0 aromatic rings. The molecule has 2 rings (SSSR count). The van der Waals surface area contributed by atoms with E-state index in [1.807, 2.05) is 0 Å². The van der Waals surface area contributed by atoms with Crippen LogP contribution in [0.2, 0.25) is 0 Å². The number of ether oxygens (including phenoxy) is 1. The first-order chi connectivity index (χ1) is 7.78. The van der Waals surface area contributed by atoms with E-state index in [9.17, 15) is 5.11 Å². The van der Waals surface area contributed by atoms with E-state index in [4.69, 9.17) is 4.74 Å². The van der Waals surface area contributed by atoms with Gasteiger partial charge in [-0.1, -0.05) is 6.92 Å². The van der Waals surface area contributed by atoms with E-state index in [0.717, 1.165) is 58.7 Å². The summed E-state index contributed by atoms with van der Waals surface area (Å²) in [4.78, 5) is 4.78. The Morgan fingerprint density at radius 1 is 1.25 bits per heavy atom. The van der Waals surface area contributed by atoms with Crippen LogP contribution in [0, 0.1) is 0 Å². The molecule has 0 spiro atoms. The Morgan fingerprint density at radius 3 is 2.88 bits per heavy atom. The van der Waals surface area contributed by atoms with E-state index >= 15 is 0 Å². The van der Waals surface area contributed by atoms with Crippen molar-refractivity contribution in [2.75, 3.05) is 45.9 Å². The number of likely N-dealkylation sites (N-methyl/N-ethyl adjacent to an activating group) is 1. The molecule has 4 heteroatoms. The third-order valence-corrected chi connectivity index (χ3v) is 3.61. The first kappa shape index (κ1) is 12.3. The number of piperidine rings is 1. The molecule has 0 bridgehead atoms. The van der Waals surface area contributed by atoms with Crippen LogP contribution in [0.4, 0.5) is 0 Å². The highest BCUT2D eigenvalue weighted by Gasteiger charge is 2.24. The first-order valence-corrected chi connectivity index (χ1v) is 6.52. The summed E-state index contributed by atoms with van der Waals surface area (Å²) in [5.41, 5.74) is 0. The molecule has 94 valence electrons. The molecule has 4 nitrogen and oxygen atoms in total. The van der Waals surface area contributed by atoms with Crippen molar-refractivity contribution in [3.05, 3.63) is 0 Å². The molecular formula is C12H24N2O2. The molecule has 0 radical (unpaired) electrons. The van der Waals surface area contributed by atoms with Crippen molar-refractivity contribution in [3.8, 4) is 0 Å². The molecule has 0 aromatic heterocycles. The Morgan fingerprint density at radius 2 is 2.12 bits per heavy atom. The summed E-state index contributed by atoms with van der Waals surface area (Å²) in [6, 6.07) is 0. The van der Waals surface area contributed by atoms with Gasteiger partial charge < -0.3 is 9.84 Å². The molecule has 2 saturated heterocycles. The van der Waals surface area contributed by atoms with Gasteiger partial charge in [0, 0.05) is 26.2 Å². The highest BCUT2D eigenvalue weighted by atomic mass is 16.5. The number of hydrogen-bond acceptors (Lipinski definition) is 4. The number of β-amino-alcohol motifs (C(OH)–C–C–N with tert-alkyl or cyclic N) is 1. The number of aliphatic hydroxyl groups excluding tert-OH is 1. The lowest BCUT2D eigenvalue weighted by atomic mass is 10.1. The van der Waals surface area contributed by atoms with Crippen LogP contribution in [0.25, 0.3) is 0 Å². The highest BCUT2D eigenvalue weighted by molar-refractivity contribution is 4.78. The normalized spacial score (nSPS) is 34.1. The summed E-state index contributed by atoms with van der Waals surface area (Å²) in [5.74, 6) is 0. The predicted molar refractivity (Wildman–Crippen MR) is 63.5 cm³/mol. The Labute approximate surface area is 98.2 Å². The van der Waals surface area contributed by atoms with Gasteiger partial charge >= 0.3 is 0 Å². The Kier molecular flexibility index (Phi) is 4.58. The van der Waals surface area contributed by atoms with Crippen LogP contribution in [-0.4, -0.2) is 73.0 Å². The molecule has 16 heavy (non-hydrogen) atoms. The molecule has 0 aromatic carbocycles. The Bertz CT molecular complexity index is 213. The minimum absolute atomic E-state index is 0.125. The van der Waals surface area contributed by atoms with E-state index in [-0.39, 0.29) is 6.10 Å². The van der Waals surface area contributed by atoms with Crippen LogP contribution >= 0.6 is 0 Å². The van der Waals surface area contributed by atoms with E-state index < -0.39 is 0 Å². The summed E-state index contributed by atoms with van der Waals surface area (Å²) in [6.07, 6.45) is 2.28. The van der Waals surface area contributed by atoms with E-state index in [0.29, 0.717) is 6.10 Å². The Balaban J connectivity index is 1.75. The zero-order valence-corrected chi connectivity index (χ0v) is 10.3. The zero-order chi connectivity index (χ0) is 11.4. The fourth-order valence-electron chi connectivity index (χ4n) is 2.66. The second-order valence-corrected chi connectivity index (χ2v) is 4.94. The smallest absolute Gasteiger partial charge is 0.0829 e. The molecule has 1 N–H and O–H groups in total. The van der Waals surface area contributed by atoms with Gasteiger partial charge in [-0.3, -0.25) is 9.80 Å². The van der Waals surface area contributed by atoms with Crippen molar-refractivity contribution in [3.63, 3.8) is 0 Å². The van der Waals surface area contributed by atoms with Crippen LogP contribution in [-0.2, 0) is 4.74 Å². The maximum Gasteiger partial charge on any atom is 0.0829 e. The van der Waals surface area contributed by atoms with Crippen LogP contribution in [0.1, 0.15) is 19.8 Å². The van der Waals surface area contributed by atoms with Crippen molar-refractivity contribution in [2.24, 2.45) is 0 Å². The lowest BCUT2D eigenvalue weighted by Gasteiger charge is -2.37. The van der Waals surface area contributed by atoms with E-state index in [1.54, 1.807) is 0 Å². The first-order valence-electron chi connectivity index (χ1n) is 6.52. The number of hydrogen-bond donors (Lipinski definition) is 1. The summed E-state index contributed by atoms with van der Waals surface area (Å²) in [5, 5.41) is 9.61. The van der Waals surface area contributed by atoms with Crippen molar-refractivity contribution < 1.29 is 9.84 Å². The molecule has 2 aliphatic heterocycles. The fraction of sp³-hybridized carbons (Fsp3) is 1.00. The van der Waals surface area contributed by atoms with Gasteiger partial charge in [-0.15, -0.1) is 0 Å². The van der Waals surface area contributed by atoms with Crippen LogP contribution < -0.4 is 0 Å². The average Bonchev–Trinajstić information content (AvgIpc) is 2.29. The topological polar surface area (TPSA) is 35.9 Å². The molecule has 0 saturated carbocycles. The minimum Gasteiger partial charge on any atom is -0.392 e. The van der Waals surface area contributed by atoms with Gasteiger partial charge in [0.15, 0.2) is 0 Å². The maximum atomic E-state index is 9.61. The summed E-state index contributed by atoms with van der Waals surface area (Å²) in [7, 11) is 0. The number of likely N-dealkylation sites (tertiary alicyclic amines) is 1. The summed E-state index contributed by atoms with van der Waals surface area (Å²) < 4.78 is 5.78. The van der Waals surface area contributed by atoms with Crippen molar-refractivity contribution in [1.29, 1.82) is 0 Å². The van der Waals surface area contributed by atoms with E-state index in [2.05, 4.69) is 16.7 Å². The average molecular weight is 228 g/mol. The molecule has 2 aliphatic rings. The summed E-state index contributed by atoms with van der Waals surface area (Å²) >= 11 is 0. The van der Waals surface area contributed by atoms with Gasteiger partial charge in [-0.05, 0) is 25.9 Å². The van der Waals surface area contributed by atoms with Gasteiger partial charge in [0.1, 0.15) is 0 Å². The summed E-state index contributed by atoms with van der Waals surface area (Å²) in [6.45, 7) is 9.20. The third-order valence-electron chi connectivity index (χ3n) is 3.61. The predicted octanol–water partition coefficient (Wildman–Crippen LogP) is 0.164. The lowest BCUT2D eigenvalue weighted by Crippen LogP contribution is -2.49. The van der Waals surface area contributed by atoms with Gasteiger partial charge in [0.25, 0.3) is 0 Å². The molecule has 1 unspecified atom stereocenters. The second kappa shape index (κ2) is 5.96. The van der Waals surface area contributed by atoms with Gasteiger partial charge in [0.2, 0.25) is 0 Å². The van der Waals surface area contributed by atoms with Crippen LogP contribution in [0.5, 0.6) is 0 Å². The molecule has 2 fully saturated rings. The van der Waals surface area contributed by atoms with Gasteiger partial charge in [0.05, 0.1) is 18.8 Å². The van der Waals surface area contributed by atoms with Gasteiger partial charge in [-0.25, -0.2) is 0 Å². The highest BCUT2D eigenvalue weighted by Crippen LogP contribution is 2.13. The van der Waals surface area contributed by atoms with Crippen molar-refractivity contribution in [1.82, 2.24) is 9.80 Å².